The molecule has 3 aromatic heterocycles. The topological polar surface area (TPSA) is 140 Å². The predicted molar refractivity (Wildman–Crippen MR) is 307 cm³/mol. The van der Waals surface area contributed by atoms with Crippen molar-refractivity contribution in [2.45, 2.75) is 116 Å². The molecule has 3 saturated heterocycles. The molecule has 0 radical (unpaired) electrons. The lowest BCUT2D eigenvalue weighted by Gasteiger charge is -2.42. The Labute approximate surface area is 455 Å². The minimum atomic E-state index is -0.828. The highest BCUT2D eigenvalue weighted by Gasteiger charge is 2.42. The van der Waals surface area contributed by atoms with Crippen LogP contribution in [0.15, 0.2) is 35.8 Å². The lowest BCUT2D eigenvalue weighted by molar-refractivity contribution is -0.155. The van der Waals surface area contributed by atoms with Crippen molar-refractivity contribution in [2.24, 2.45) is 17.3 Å². The van der Waals surface area contributed by atoms with Gasteiger partial charge in [-0.05, 0) is 100 Å². The Kier molecular flexibility index (Phi) is 24.1. The zero-order chi connectivity index (χ0) is 42.6. The molecule has 6 bridgehead atoms. The van der Waals surface area contributed by atoms with Crippen LogP contribution in [0, 0.1) is 17.3 Å². The lowest BCUT2D eigenvalue weighted by Crippen LogP contribution is -2.60. The van der Waals surface area contributed by atoms with E-state index in [0.29, 0.717) is 43.7 Å². The summed E-state index contributed by atoms with van der Waals surface area (Å²) in [6.07, 6.45) is 6.80. The van der Waals surface area contributed by atoms with Crippen molar-refractivity contribution in [3.63, 3.8) is 0 Å². The number of benzene rings is 1. The largest absolute Gasteiger partial charge is 0.464 e. The van der Waals surface area contributed by atoms with Gasteiger partial charge in [0.1, 0.15) is 12.1 Å². The third kappa shape index (κ3) is 13.1. The highest BCUT2D eigenvalue weighted by Crippen LogP contribution is 2.44. The summed E-state index contributed by atoms with van der Waals surface area (Å²) in [6.45, 7) is 15.6. The van der Waals surface area contributed by atoms with Gasteiger partial charge in [-0.2, -0.15) is 94.5 Å². The molecular formula is C47H75N7O6S8. The molecule has 21 heteroatoms. The van der Waals surface area contributed by atoms with Gasteiger partial charge in [-0.15, -0.1) is 11.3 Å². The van der Waals surface area contributed by atoms with Crippen LogP contribution >= 0.6 is 106 Å². The van der Waals surface area contributed by atoms with E-state index in [4.69, 9.17) is 24.2 Å². The third-order valence-corrected chi connectivity index (χ3v) is 14.7. The molecule has 4 aromatic rings. The summed E-state index contributed by atoms with van der Waals surface area (Å²) in [5.74, 6) is -0.198. The predicted octanol–water partition coefficient (Wildman–Crippen LogP) is 7.23. The zero-order valence-corrected chi connectivity index (χ0v) is 47.8. The Bertz CT molecular complexity index is 2330. The fourth-order valence-electron chi connectivity index (χ4n) is 10.1. The average Bonchev–Trinajstić information content (AvgIpc) is 3.70. The quantitative estimate of drug-likeness (QED) is 0.183. The van der Waals surface area contributed by atoms with Gasteiger partial charge in [0.2, 0.25) is 5.91 Å². The van der Waals surface area contributed by atoms with E-state index in [-0.39, 0.29) is 137 Å². The number of ether oxygens (including phenoxy) is 3. The fourth-order valence-corrected chi connectivity index (χ4v) is 10.9. The van der Waals surface area contributed by atoms with Crippen LogP contribution in [0.1, 0.15) is 101 Å². The third-order valence-electron chi connectivity index (χ3n) is 13.8. The van der Waals surface area contributed by atoms with Crippen LogP contribution in [-0.2, 0) is 48.0 Å². The number of amides is 2. The number of hydrazine groups is 1. The van der Waals surface area contributed by atoms with E-state index in [2.05, 4.69) is 90.7 Å². The number of carbonyl (C=O) groups is 3. The molecular weight excluding hydrogens is 1020 g/mol. The second-order valence-corrected chi connectivity index (χ2v) is 19.8. The van der Waals surface area contributed by atoms with Crippen molar-refractivity contribution >= 4 is 134 Å². The molecule has 7 atom stereocenters. The van der Waals surface area contributed by atoms with Crippen LogP contribution in [-0.4, -0.2) is 107 Å². The Morgan fingerprint density at radius 1 is 1.04 bits per heavy atom. The van der Waals surface area contributed by atoms with Gasteiger partial charge in [0.25, 0.3) is 5.91 Å². The first kappa shape index (κ1) is 62.4. The van der Waals surface area contributed by atoms with Crippen LogP contribution in [0.5, 0.6) is 0 Å². The second-order valence-electron chi connectivity index (χ2n) is 18.8. The summed E-state index contributed by atoms with van der Waals surface area (Å²) in [5, 5.41) is 8.49. The SMILES string of the molecule is CCn1c(-c2cc([C@H]3CCN4CCOC[C@@H]4C3)cnc2[C@H](C)OC)c2c3cc(ccc31)-c1csc(n1)C[C@H](NC(=O)[C@H]1C[C@@H]1C)C(=O)N1CCC[C@H](N1)C(=O)OCC(C)(C)C2.S.S.S.S.S.S.S. The van der Waals surface area contributed by atoms with Crippen LogP contribution in [0.4, 0.5) is 0 Å². The van der Waals surface area contributed by atoms with Gasteiger partial charge >= 0.3 is 5.97 Å². The summed E-state index contributed by atoms with van der Waals surface area (Å²) in [6, 6.07) is 7.87. The van der Waals surface area contributed by atoms with Crippen molar-refractivity contribution in [2.75, 3.05) is 46.6 Å². The number of fused-ring (bicyclic) bond motifs is 7. The zero-order valence-electron chi connectivity index (χ0n) is 40.0. The number of aromatic nitrogens is 3. The van der Waals surface area contributed by atoms with Gasteiger partial charge in [0.15, 0.2) is 0 Å². The minimum absolute atomic E-state index is 0. The van der Waals surface area contributed by atoms with E-state index < -0.39 is 17.5 Å². The number of nitrogens with zero attached hydrogens (tertiary/aromatic N) is 5. The van der Waals surface area contributed by atoms with Crippen molar-refractivity contribution < 1.29 is 28.6 Å². The van der Waals surface area contributed by atoms with Gasteiger partial charge in [-0.1, -0.05) is 26.8 Å². The number of cyclic esters (lactones) is 1. The Morgan fingerprint density at radius 3 is 2.50 bits per heavy atom. The highest BCUT2D eigenvalue weighted by molar-refractivity contribution is 7.60. The average molecular weight is 1090 g/mol. The van der Waals surface area contributed by atoms with Crippen LogP contribution in [0.3, 0.4) is 0 Å². The Balaban J connectivity index is 0.00000227. The molecule has 1 aromatic carbocycles. The summed E-state index contributed by atoms with van der Waals surface area (Å²) in [4.78, 5) is 54.2. The maximum absolute atomic E-state index is 14.2. The number of nitrogens with one attached hydrogen (secondary N) is 2. The molecule has 382 valence electrons. The molecule has 4 fully saturated rings. The van der Waals surface area contributed by atoms with Gasteiger partial charge in [0, 0.05) is 84.1 Å². The molecule has 1 aliphatic carbocycles. The first-order valence-corrected chi connectivity index (χ1v) is 23.3. The lowest BCUT2D eigenvalue weighted by atomic mass is 9.82. The van der Waals surface area contributed by atoms with Gasteiger partial charge < -0.3 is 24.1 Å². The summed E-state index contributed by atoms with van der Waals surface area (Å²) in [5.41, 5.74) is 11.1. The number of pyridine rings is 1. The highest BCUT2D eigenvalue weighted by atomic mass is 32.1. The molecule has 0 spiro atoms. The first-order chi connectivity index (χ1) is 29.4. The molecule has 9 rings (SSSR count). The smallest absolute Gasteiger partial charge is 0.324 e. The van der Waals surface area contributed by atoms with E-state index in [1.165, 1.54) is 27.5 Å². The van der Waals surface area contributed by atoms with Crippen molar-refractivity contribution in [3.8, 4) is 22.5 Å². The molecule has 68 heavy (non-hydrogen) atoms. The van der Waals surface area contributed by atoms with Crippen molar-refractivity contribution in [1.29, 1.82) is 0 Å². The molecule has 7 heterocycles. The standard InChI is InChI=1S/C47H61N7O6S.7H2S/c1-7-53-40-11-10-30-19-34(40)36(43(53)35-20-31(23-48-42(35)28(3)58-6)29-12-14-52-15-16-59-24-32(52)18-29)22-47(4,5)26-60-46(57)37-9-8-13-54(51-37)45(56)38(21-41-49-39(30)25-61-41)50-44(55)33-17-27(33)2;;;;;;;/h10-11,19-20,23,25,27-29,32-33,37-38,51H,7-9,12-18,21-22,24,26H2,1-6H3,(H,50,55);7*1H2/t27-,28-,29-,32-,33-,37-,38-;;;;;;;/m0......./s1. The number of hydrogen-bond acceptors (Lipinski definition) is 11. The van der Waals surface area contributed by atoms with E-state index in [0.717, 1.165) is 96.2 Å². The first-order valence-electron chi connectivity index (χ1n) is 22.4. The molecule has 2 amide bonds. The van der Waals surface area contributed by atoms with E-state index >= 15 is 0 Å². The maximum Gasteiger partial charge on any atom is 0.324 e. The summed E-state index contributed by atoms with van der Waals surface area (Å²) >= 11 is 1.50. The fraction of sp³-hybridized carbons (Fsp3) is 0.596. The van der Waals surface area contributed by atoms with Crippen molar-refractivity contribution in [1.82, 2.24) is 35.2 Å². The van der Waals surface area contributed by atoms with Gasteiger partial charge in [-0.25, -0.2) is 10.4 Å². The molecule has 0 unspecified atom stereocenters. The number of aryl methyl sites for hydroxylation is 1. The number of carbonyl (C=O) groups excluding carboxylic acids is 3. The van der Waals surface area contributed by atoms with E-state index in [9.17, 15) is 14.4 Å². The number of methoxy groups -OCH3 is 1. The normalized spacial score (nSPS) is 24.7. The number of piperidine rings is 1. The minimum Gasteiger partial charge on any atom is -0.464 e. The number of rotatable bonds is 7. The monoisotopic (exact) mass is 1090 g/mol. The molecule has 1 saturated carbocycles. The number of hydrogen-bond donors (Lipinski definition) is 2. The molecule has 2 N–H and O–H groups in total. The maximum atomic E-state index is 14.2. The molecule has 13 nitrogen and oxygen atoms in total. The second kappa shape index (κ2) is 26.3. The van der Waals surface area contributed by atoms with E-state index in [1.54, 1.807) is 7.11 Å². The number of esters is 1. The van der Waals surface area contributed by atoms with Crippen LogP contribution in [0.25, 0.3) is 33.4 Å². The van der Waals surface area contributed by atoms with Crippen molar-refractivity contribution in [3.05, 3.63) is 57.7 Å². The molecule has 5 aliphatic rings. The van der Waals surface area contributed by atoms with Gasteiger partial charge in [-0.3, -0.25) is 29.3 Å². The summed E-state index contributed by atoms with van der Waals surface area (Å²) < 4.78 is 20.5. The Morgan fingerprint density at radius 2 is 1.79 bits per heavy atom. The van der Waals surface area contributed by atoms with E-state index in [1.807, 2.05) is 0 Å². The molecule has 4 aliphatic heterocycles. The number of morpholine rings is 1. The summed E-state index contributed by atoms with van der Waals surface area (Å²) in [7, 11) is 1.74. The van der Waals surface area contributed by atoms with Crippen LogP contribution in [0.2, 0.25) is 0 Å². The Hall–Kier alpha value is -1.76. The number of thiazole rings is 1. The van der Waals surface area contributed by atoms with Gasteiger partial charge in [0.05, 0.1) is 48.0 Å². The van der Waals surface area contributed by atoms with Crippen LogP contribution < -0.4 is 10.7 Å².